The number of alkyl halides is 3. The SMILES string of the molecule is CN1CCN(C(=O)c2cc(-c3cc(C(F)(F)F)cc4[nH]ncc34)cnc2F)CC1. The Morgan fingerprint density at radius 1 is 1.10 bits per heavy atom. The molecule has 4 rings (SSSR count). The molecule has 1 aliphatic heterocycles. The Labute approximate surface area is 163 Å². The molecular formula is C19H17F4N5O. The molecule has 0 saturated carbocycles. The van der Waals surface area contributed by atoms with Crippen LogP contribution in [0, 0.1) is 5.95 Å². The van der Waals surface area contributed by atoms with Gasteiger partial charge in [0.15, 0.2) is 0 Å². The number of rotatable bonds is 2. The summed E-state index contributed by atoms with van der Waals surface area (Å²) in [5.41, 5.74) is -0.572. The quantitative estimate of drug-likeness (QED) is 0.524. The zero-order valence-electron chi connectivity index (χ0n) is 15.4. The van der Waals surface area contributed by atoms with Crippen LogP contribution in [0.25, 0.3) is 22.0 Å². The lowest BCUT2D eigenvalue weighted by Gasteiger charge is -2.32. The van der Waals surface area contributed by atoms with Crippen molar-refractivity contribution >= 4 is 16.8 Å². The van der Waals surface area contributed by atoms with Gasteiger partial charge in [0.2, 0.25) is 5.95 Å². The number of aromatic amines is 1. The molecule has 2 aromatic heterocycles. The van der Waals surface area contributed by atoms with Crippen molar-refractivity contribution in [2.45, 2.75) is 6.18 Å². The van der Waals surface area contributed by atoms with E-state index in [1.807, 2.05) is 11.9 Å². The predicted molar refractivity (Wildman–Crippen MR) is 97.7 cm³/mol. The van der Waals surface area contributed by atoms with Gasteiger partial charge in [0.1, 0.15) is 0 Å². The number of piperazine rings is 1. The van der Waals surface area contributed by atoms with E-state index in [0.29, 0.717) is 31.6 Å². The number of pyridine rings is 1. The van der Waals surface area contributed by atoms with Crippen molar-refractivity contribution in [1.82, 2.24) is 25.0 Å². The van der Waals surface area contributed by atoms with Crippen LogP contribution in [0.4, 0.5) is 17.6 Å². The summed E-state index contributed by atoms with van der Waals surface area (Å²) in [6.07, 6.45) is -2.06. The van der Waals surface area contributed by atoms with Gasteiger partial charge in [0, 0.05) is 43.3 Å². The summed E-state index contributed by atoms with van der Waals surface area (Å²) in [6.45, 7) is 2.19. The molecule has 0 aliphatic carbocycles. The highest BCUT2D eigenvalue weighted by Gasteiger charge is 2.32. The van der Waals surface area contributed by atoms with Crippen LogP contribution in [0.15, 0.2) is 30.6 Å². The first-order chi connectivity index (χ1) is 13.7. The van der Waals surface area contributed by atoms with E-state index in [2.05, 4.69) is 15.2 Å². The number of carbonyl (C=O) groups is 1. The number of halogens is 4. The molecule has 1 fully saturated rings. The average Bonchev–Trinajstić information content (AvgIpc) is 3.16. The number of hydrogen-bond donors (Lipinski definition) is 1. The summed E-state index contributed by atoms with van der Waals surface area (Å²) in [7, 11) is 1.92. The number of nitrogens with one attached hydrogen (secondary N) is 1. The van der Waals surface area contributed by atoms with Crippen LogP contribution in [0.2, 0.25) is 0 Å². The fraction of sp³-hybridized carbons (Fsp3) is 0.316. The number of fused-ring (bicyclic) bond motifs is 1. The highest BCUT2D eigenvalue weighted by atomic mass is 19.4. The summed E-state index contributed by atoms with van der Waals surface area (Å²) in [4.78, 5) is 20.0. The van der Waals surface area contributed by atoms with E-state index in [4.69, 9.17) is 0 Å². The molecule has 10 heteroatoms. The summed E-state index contributed by atoms with van der Waals surface area (Å²) in [6, 6.07) is 3.17. The second-order valence-corrected chi connectivity index (χ2v) is 7.01. The van der Waals surface area contributed by atoms with Crippen LogP contribution >= 0.6 is 0 Å². The Morgan fingerprint density at radius 3 is 2.52 bits per heavy atom. The molecule has 29 heavy (non-hydrogen) atoms. The molecule has 1 amide bonds. The summed E-state index contributed by atoms with van der Waals surface area (Å²) >= 11 is 0. The van der Waals surface area contributed by atoms with Gasteiger partial charge < -0.3 is 9.80 Å². The summed E-state index contributed by atoms with van der Waals surface area (Å²) in [5, 5.41) is 6.74. The van der Waals surface area contributed by atoms with Crippen LogP contribution in [-0.2, 0) is 6.18 Å². The lowest BCUT2D eigenvalue weighted by Crippen LogP contribution is -2.47. The normalized spacial score (nSPS) is 15.8. The van der Waals surface area contributed by atoms with Gasteiger partial charge in [0.05, 0.1) is 22.8 Å². The number of aromatic nitrogens is 3. The van der Waals surface area contributed by atoms with Crippen molar-refractivity contribution in [3.63, 3.8) is 0 Å². The third-order valence-corrected chi connectivity index (χ3v) is 5.06. The topological polar surface area (TPSA) is 65.1 Å². The third-order valence-electron chi connectivity index (χ3n) is 5.06. The number of carbonyl (C=O) groups excluding carboxylic acids is 1. The van der Waals surface area contributed by atoms with Crippen molar-refractivity contribution in [2.24, 2.45) is 0 Å². The number of benzene rings is 1. The predicted octanol–water partition coefficient (Wildman–Crippen LogP) is 3.17. The number of nitrogens with zero attached hydrogens (tertiary/aromatic N) is 4. The molecule has 0 atom stereocenters. The van der Waals surface area contributed by atoms with Gasteiger partial charge in [-0.2, -0.15) is 22.7 Å². The highest BCUT2D eigenvalue weighted by molar-refractivity contribution is 5.98. The zero-order valence-corrected chi connectivity index (χ0v) is 15.4. The minimum absolute atomic E-state index is 0.170. The standard InChI is InChI=1S/C19H17F4N5O/c1-27-2-4-28(5-3-27)18(29)14-6-11(9-24-17(14)20)13-7-12(19(21,22)23)8-16-15(13)10-25-26-16/h6-10H,2-5H2,1H3,(H,25,26). The first kappa shape index (κ1) is 19.3. The molecule has 1 aliphatic rings. The smallest absolute Gasteiger partial charge is 0.336 e. The number of likely N-dealkylation sites (N-methyl/N-ethyl adjacent to an activating group) is 1. The third kappa shape index (κ3) is 3.67. The highest BCUT2D eigenvalue weighted by Crippen LogP contribution is 2.36. The van der Waals surface area contributed by atoms with Gasteiger partial charge in [-0.25, -0.2) is 4.98 Å². The van der Waals surface area contributed by atoms with E-state index < -0.39 is 23.6 Å². The van der Waals surface area contributed by atoms with Crippen LogP contribution in [0.3, 0.4) is 0 Å². The molecule has 3 aromatic rings. The lowest BCUT2D eigenvalue weighted by atomic mass is 9.99. The molecule has 0 unspecified atom stereocenters. The Balaban J connectivity index is 1.78. The first-order valence-electron chi connectivity index (χ1n) is 8.92. The van der Waals surface area contributed by atoms with E-state index in [1.165, 1.54) is 17.2 Å². The minimum Gasteiger partial charge on any atom is -0.336 e. The fourth-order valence-corrected chi connectivity index (χ4v) is 3.38. The molecule has 0 radical (unpaired) electrons. The first-order valence-corrected chi connectivity index (χ1v) is 8.92. The molecule has 0 bridgehead atoms. The van der Waals surface area contributed by atoms with Crippen LogP contribution in [-0.4, -0.2) is 64.1 Å². The van der Waals surface area contributed by atoms with Crippen molar-refractivity contribution < 1.29 is 22.4 Å². The monoisotopic (exact) mass is 407 g/mol. The van der Waals surface area contributed by atoms with Crippen LogP contribution < -0.4 is 0 Å². The molecular weight excluding hydrogens is 390 g/mol. The van der Waals surface area contributed by atoms with E-state index in [1.54, 1.807) is 0 Å². The Kier molecular flexibility index (Phi) is 4.73. The van der Waals surface area contributed by atoms with E-state index in [-0.39, 0.29) is 22.2 Å². The molecule has 152 valence electrons. The van der Waals surface area contributed by atoms with Gasteiger partial charge in [-0.05, 0) is 30.8 Å². The molecule has 1 saturated heterocycles. The van der Waals surface area contributed by atoms with Crippen molar-refractivity contribution in [1.29, 1.82) is 0 Å². The van der Waals surface area contributed by atoms with Gasteiger partial charge >= 0.3 is 6.18 Å². The van der Waals surface area contributed by atoms with Crippen LogP contribution in [0.5, 0.6) is 0 Å². The van der Waals surface area contributed by atoms with E-state index in [9.17, 15) is 22.4 Å². The molecule has 3 heterocycles. The Hall–Kier alpha value is -3.01. The van der Waals surface area contributed by atoms with Gasteiger partial charge in [-0.15, -0.1) is 0 Å². The van der Waals surface area contributed by atoms with E-state index >= 15 is 0 Å². The molecule has 6 nitrogen and oxygen atoms in total. The Bertz CT molecular complexity index is 1070. The van der Waals surface area contributed by atoms with Crippen LogP contribution in [0.1, 0.15) is 15.9 Å². The lowest BCUT2D eigenvalue weighted by molar-refractivity contribution is -0.137. The van der Waals surface area contributed by atoms with Crippen molar-refractivity contribution in [2.75, 3.05) is 33.2 Å². The number of H-pyrrole nitrogens is 1. The zero-order chi connectivity index (χ0) is 20.8. The van der Waals surface area contributed by atoms with Gasteiger partial charge in [-0.3, -0.25) is 9.89 Å². The maximum atomic E-state index is 14.3. The fourth-order valence-electron chi connectivity index (χ4n) is 3.38. The molecule has 0 spiro atoms. The summed E-state index contributed by atoms with van der Waals surface area (Å²) < 4.78 is 54.2. The minimum atomic E-state index is -4.57. The van der Waals surface area contributed by atoms with Crippen molar-refractivity contribution in [3.05, 3.63) is 47.7 Å². The second-order valence-electron chi connectivity index (χ2n) is 7.01. The molecule has 1 N–H and O–H groups in total. The number of hydrogen-bond acceptors (Lipinski definition) is 4. The van der Waals surface area contributed by atoms with Crippen molar-refractivity contribution in [3.8, 4) is 11.1 Å². The Morgan fingerprint density at radius 2 is 1.83 bits per heavy atom. The summed E-state index contributed by atoms with van der Waals surface area (Å²) in [5.74, 6) is -1.48. The van der Waals surface area contributed by atoms with Gasteiger partial charge in [-0.1, -0.05) is 0 Å². The largest absolute Gasteiger partial charge is 0.416 e. The maximum absolute atomic E-state index is 14.3. The molecule has 1 aromatic carbocycles. The van der Waals surface area contributed by atoms with Gasteiger partial charge in [0.25, 0.3) is 5.91 Å². The average molecular weight is 407 g/mol. The maximum Gasteiger partial charge on any atom is 0.416 e. The van der Waals surface area contributed by atoms with E-state index in [0.717, 1.165) is 18.3 Å². The second kappa shape index (κ2) is 7.11. The number of amides is 1.